The second-order valence-electron chi connectivity index (χ2n) is 6.19. The molecule has 126 valence electrons. The molecular formula is C19H22N2O3. The van der Waals surface area contributed by atoms with Crippen LogP contribution in [0.4, 0.5) is 0 Å². The van der Waals surface area contributed by atoms with Gasteiger partial charge in [0.25, 0.3) is 0 Å². The fourth-order valence-corrected chi connectivity index (χ4v) is 3.03. The number of nitrogens with zero attached hydrogens (tertiary/aromatic N) is 1. The van der Waals surface area contributed by atoms with Gasteiger partial charge in [-0.15, -0.1) is 0 Å². The van der Waals surface area contributed by atoms with Crippen molar-refractivity contribution in [2.75, 3.05) is 0 Å². The molecule has 3 rings (SSSR count). The number of carbonyl (C=O) groups is 1. The molecule has 0 aliphatic heterocycles. The van der Waals surface area contributed by atoms with Crippen molar-refractivity contribution in [1.29, 1.82) is 0 Å². The first kappa shape index (κ1) is 16.3. The third-order valence-corrected chi connectivity index (χ3v) is 4.16. The summed E-state index contributed by atoms with van der Waals surface area (Å²) in [5.74, 6) is 0.443. The van der Waals surface area contributed by atoms with Crippen LogP contribution >= 0.6 is 0 Å². The van der Waals surface area contributed by atoms with Gasteiger partial charge in [-0.05, 0) is 37.6 Å². The SMILES string of the molecule is Cc1cn(CC(=O)NC(C)CC(O)c2ccco2)c2ccccc12. The maximum atomic E-state index is 12.3. The molecule has 2 heterocycles. The van der Waals surface area contributed by atoms with Crippen LogP contribution < -0.4 is 5.32 Å². The summed E-state index contributed by atoms with van der Waals surface area (Å²) in [5, 5.41) is 14.2. The van der Waals surface area contributed by atoms with Gasteiger partial charge < -0.3 is 19.4 Å². The molecule has 3 aromatic rings. The Balaban J connectivity index is 1.60. The van der Waals surface area contributed by atoms with Gasteiger partial charge in [0.2, 0.25) is 5.91 Å². The van der Waals surface area contributed by atoms with Crippen molar-refractivity contribution in [1.82, 2.24) is 9.88 Å². The van der Waals surface area contributed by atoms with E-state index >= 15 is 0 Å². The number of aliphatic hydroxyl groups is 1. The molecule has 2 atom stereocenters. The fourth-order valence-electron chi connectivity index (χ4n) is 3.03. The number of para-hydroxylation sites is 1. The van der Waals surface area contributed by atoms with Gasteiger partial charge in [-0.25, -0.2) is 0 Å². The molecule has 0 radical (unpaired) electrons. The normalized spacial score (nSPS) is 13.8. The number of benzene rings is 1. The molecule has 24 heavy (non-hydrogen) atoms. The quantitative estimate of drug-likeness (QED) is 0.731. The van der Waals surface area contributed by atoms with E-state index in [4.69, 9.17) is 4.42 Å². The van der Waals surface area contributed by atoms with Gasteiger partial charge in [-0.1, -0.05) is 18.2 Å². The summed E-state index contributed by atoms with van der Waals surface area (Å²) in [7, 11) is 0. The van der Waals surface area contributed by atoms with Gasteiger partial charge in [-0.3, -0.25) is 4.79 Å². The Kier molecular flexibility index (Phi) is 4.71. The molecule has 1 amide bonds. The molecule has 0 spiro atoms. The Morgan fingerprint density at radius 1 is 1.29 bits per heavy atom. The Hall–Kier alpha value is -2.53. The standard InChI is InChI=1S/C19H22N2O3/c1-13-11-21(16-7-4-3-6-15(13)16)12-19(23)20-14(2)10-17(22)18-8-5-9-24-18/h3-9,11,14,17,22H,10,12H2,1-2H3,(H,20,23). The predicted octanol–water partition coefficient (Wildman–Crippen LogP) is 3.17. The first-order valence-electron chi connectivity index (χ1n) is 8.10. The molecule has 1 aromatic carbocycles. The lowest BCUT2D eigenvalue weighted by molar-refractivity contribution is -0.122. The predicted molar refractivity (Wildman–Crippen MR) is 92.6 cm³/mol. The zero-order valence-electron chi connectivity index (χ0n) is 13.9. The first-order chi connectivity index (χ1) is 11.5. The van der Waals surface area contributed by atoms with Crippen molar-refractivity contribution in [3.05, 3.63) is 60.2 Å². The fraction of sp³-hybridized carbons (Fsp3) is 0.316. The Morgan fingerprint density at radius 3 is 2.83 bits per heavy atom. The van der Waals surface area contributed by atoms with Crippen LogP contribution in [0.3, 0.4) is 0 Å². The topological polar surface area (TPSA) is 67.4 Å². The Bertz CT molecular complexity index is 820. The minimum absolute atomic E-state index is 0.0742. The molecular weight excluding hydrogens is 304 g/mol. The van der Waals surface area contributed by atoms with Gasteiger partial charge >= 0.3 is 0 Å². The van der Waals surface area contributed by atoms with E-state index in [0.717, 1.165) is 16.5 Å². The number of carbonyl (C=O) groups excluding carboxylic acids is 1. The van der Waals surface area contributed by atoms with Crippen LogP contribution in [0.15, 0.2) is 53.3 Å². The summed E-state index contributed by atoms with van der Waals surface area (Å²) in [5.41, 5.74) is 2.20. The molecule has 5 heteroatoms. The van der Waals surface area contributed by atoms with Crippen LogP contribution in [-0.2, 0) is 11.3 Å². The lowest BCUT2D eigenvalue weighted by atomic mass is 10.1. The molecule has 2 aromatic heterocycles. The van der Waals surface area contributed by atoms with E-state index in [1.54, 1.807) is 12.1 Å². The number of fused-ring (bicyclic) bond motifs is 1. The van der Waals surface area contributed by atoms with E-state index in [1.165, 1.54) is 6.26 Å². The van der Waals surface area contributed by atoms with Crippen molar-refractivity contribution in [3.8, 4) is 0 Å². The van der Waals surface area contributed by atoms with Crippen LogP contribution in [0, 0.1) is 6.92 Å². The molecule has 0 fully saturated rings. The third-order valence-electron chi connectivity index (χ3n) is 4.16. The highest BCUT2D eigenvalue weighted by Gasteiger charge is 2.17. The second kappa shape index (κ2) is 6.93. The van der Waals surface area contributed by atoms with E-state index in [9.17, 15) is 9.90 Å². The van der Waals surface area contributed by atoms with Crippen molar-refractivity contribution in [2.45, 2.75) is 39.0 Å². The highest BCUT2D eigenvalue weighted by atomic mass is 16.4. The largest absolute Gasteiger partial charge is 0.467 e. The van der Waals surface area contributed by atoms with Crippen molar-refractivity contribution >= 4 is 16.8 Å². The summed E-state index contributed by atoms with van der Waals surface area (Å²) >= 11 is 0. The van der Waals surface area contributed by atoms with E-state index in [0.29, 0.717) is 12.2 Å². The molecule has 5 nitrogen and oxygen atoms in total. The number of hydrogen-bond acceptors (Lipinski definition) is 3. The van der Waals surface area contributed by atoms with E-state index in [1.807, 2.05) is 42.8 Å². The monoisotopic (exact) mass is 326 g/mol. The van der Waals surface area contributed by atoms with Crippen molar-refractivity contribution < 1.29 is 14.3 Å². The molecule has 2 unspecified atom stereocenters. The maximum Gasteiger partial charge on any atom is 0.240 e. The van der Waals surface area contributed by atoms with Gasteiger partial charge in [0.05, 0.1) is 6.26 Å². The second-order valence-corrected chi connectivity index (χ2v) is 6.19. The molecule has 2 N–H and O–H groups in total. The number of rotatable bonds is 6. The van der Waals surface area contributed by atoms with Crippen molar-refractivity contribution in [3.63, 3.8) is 0 Å². The molecule has 0 aliphatic rings. The third kappa shape index (κ3) is 3.51. The van der Waals surface area contributed by atoms with Gasteiger partial charge in [0.1, 0.15) is 18.4 Å². The lowest BCUT2D eigenvalue weighted by Gasteiger charge is -2.17. The first-order valence-corrected chi connectivity index (χ1v) is 8.10. The van der Waals surface area contributed by atoms with Gasteiger partial charge in [-0.2, -0.15) is 0 Å². The van der Waals surface area contributed by atoms with Crippen LogP contribution in [0.5, 0.6) is 0 Å². The van der Waals surface area contributed by atoms with Crippen LogP contribution in [0.25, 0.3) is 10.9 Å². The van der Waals surface area contributed by atoms with Gasteiger partial charge in [0, 0.05) is 29.6 Å². The zero-order chi connectivity index (χ0) is 17.1. The number of aliphatic hydroxyl groups excluding tert-OH is 1. The zero-order valence-corrected chi connectivity index (χ0v) is 13.9. The summed E-state index contributed by atoms with van der Waals surface area (Å²) in [6.07, 6.45) is 3.21. The minimum Gasteiger partial charge on any atom is -0.467 e. The molecule has 0 saturated carbocycles. The summed E-state index contributed by atoms with van der Waals surface area (Å²) in [6, 6.07) is 11.4. The summed E-state index contributed by atoms with van der Waals surface area (Å²) in [4.78, 5) is 12.3. The highest BCUT2D eigenvalue weighted by Crippen LogP contribution is 2.21. The minimum atomic E-state index is -0.718. The lowest BCUT2D eigenvalue weighted by Crippen LogP contribution is -2.36. The molecule has 0 saturated heterocycles. The van der Waals surface area contributed by atoms with E-state index < -0.39 is 6.10 Å². The summed E-state index contributed by atoms with van der Waals surface area (Å²) in [6.45, 7) is 4.18. The Labute approximate surface area is 140 Å². The summed E-state index contributed by atoms with van der Waals surface area (Å²) < 4.78 is 7.13. The number of amides is 1. The van der Waals surface area contributed by atoms with Crippen LogP contribution in [-0.4, -0.2) is 21.6 Å². The highest BCUT2D eigenvalue weighted by molar-refractivity contribution is 5.86. The molecule has 0 aliphatic carbocycles. The van der Waals surface area contributed by atoms with Crippen LogP contribution in [0.2, 0.25) is 0 Å². The smallest absolute Gasteiger partial charge is 0.240 e. The Morgan fingerprint density at radius 2 is 2.08 bits per heavy atom. The number of aryl methyl sites for hydroxylation is 1. The van der Waals surface area contributed by atoms with Gasteiger partial charge in [0.15, 0.2) is 0 Å². The van der Waals surface area contributed by atoms with Crippen LogP contribution in [0.1, 0.15) is 30.8 Å². The number of hydrogen-bond donors (Lipinski definition) is 2. The van der Waals surface area contributed by atoms with E-state index in [2.05, 4.69) is 11.4 Å². The van der Waals surface area contributed by atoms with E-state index in [-0.39, 0.29) is 18.5 Å². The maximum absolute atomic E-state index is 12.3. The average molecular weight is 326 g/mol. The number of nitrogens with one attached hydrogen (secondary N) is 1. The van der Waals surface area contributed by atoms with Crippen molar-refractivity contribution in [2.24, 2.45) is 0 Å². The molecule has 0 bridgehead atoms. The number of furan rings is 1. The number of aromatic nitrogens is 1. The average Bonchev–Trinajstić information content (AvgIpc) is 3.17.